The predicted octanol–water partition coefficient (Wildman–Crippen LogP) is 3.06. The number of rotatable bonds is 10. The molecule has 1 rings (SSSR count). The lowest BCUT2D eigenvalue weighted by molar-refractivity contribution is -0.112. The molecular formula is C17H23ClN4O2. The highest BCUT2D eigenvalue weighted by molar-refractivity contribution is 6.33. The number of nitrogens with one attached hydrogen (secondary N) is 2. The molecule has 7 heteroatoms. The van der Waals surface area contributed by atoms with E-state index in [1.54, 1.807) is 12.1 Å². The maximum Gasteiger partial charge on any atom is 0.267 e. The van der Waals surface area contributed by atoms with Gasteiger partial charge in [-0.3, -0.25) is 4.79 Å². The Hall–Kier alpha value is -2.23. The Labute approximate surface area is 147 Å². The van der Waals surface area contributed by atoms with Gasteiger partial charge in [-0.05, 0) is 31.0 Å². The van der Waals surface area contributed by atoms with Crippen molar-refractivity contribution in [1.82, 2.24) is 5.32 Å². The number of benzene rings is 1. The molecule has 0 unspecified atom stereocenters. The summed E-state index contributed by atoms with van der Waals surface area (Å²) < 4.78 is 5.43. The predicted molar refractivity (Wildman–Crippen MR) is 96.5 cm³/mol. The molecular weight excluding hydrogens is 328 g/mol. The molecule has 0 saturated heterocycles. The fraction of sp³-hybridized carbons (Fsp3) is 0.412. The molecule has 0 heterocycles. The van der Waals surface area contributed by atoms with Crippen molar-refractivity contribution in [3.05, 3.63) is 35.0 Å². The Morgan fingerprint density at radius 3 is 2.83 bits per heavy atom. The molecule has 0 aliphatic carbocycles. The molecule has 0 radical (unpaired) electrons. The molecule has 0 bridgehead atoms. The van der Waals surface area contributed by atoms with Gasteiger partial charge >= 0.3 is 0 Å². The van der Waals surface area contributed by atoms with Gasteiger partial charge in [-0.15, -0.1) is 0 Å². The molecule has 0 aliphatic rings. The number of nitrogens with zero attached hydrogens (tertiary/aromatic N) is 1. The third-order valence-corrected chi connectivity index (χ3v) is 3.45. The molecule has 0 aromatic heterocycles. The van der Waals surface area contributed by atoms with Gasteiger partial charge in [0.1, 0.15) is 11.6 Å². The van der Waals surface area contributed by atoms with Crippen LogP contribution in [0.5, 0.6) is 0 Å². The van der Waals surface area contributed by atoms with Crippen molar-refractivity contribution in [2.45, 2.75) is 26.2 Å². The second-order valence-corrected chi connectivity index (χ2v) is 5.54. The van der Waals surface area contributed by atoms with E-state index in [2.05, 4.69) is 17.6 Å². The summed E-state index contributed by atoms with van der Waals surface area (Å²) in [6, 6.07) is 6.61. The largest absolute Gasteiger partial charge is 0.398 e. The van der Waals surface area contributed by atoms with E-state index >= 15 is 0 Å². The van der Waals surface area contributed by atoms with Crippen molar-refractivity contribution in [3.63, 3.8) is 0 Å². The highest BCUT2D eigenvalue weighted by atomic mass is 35.5. The number of halogens is 1. The lowest BCUT2D eigenvalue weighted by Crippen LogP contribution is -2.18. The summed E-state index contributed by atoms with van der Waals surface area (Å²) in [7, 11) is 0. The molecule has 0 fully saturated rings. The second kappa shape index (κ2) is 11.3. The number of amides is 1. The van der Waals surface area contributed by atoms with Gasteiger partial charge in [0.25, 0.3) is 5.91 Å². The standard InChI is InChI=1S/C17H23ClN4O2/c1-2-3-8-24-9-4-7-21-12-13(11-19)17(23)22-14-5-6-16(20)15(18)10-14/h5-6,10,12,21H,2-4,7-9,20H2,1H3,(H,22,23)/b13-12-. The minimum Gasteiger partial charge on any atom is -0.398 e. The van der Waals surface area contributed by atoms with Crippen LogP contribution >= 0.6 is 11.6 Å². The van der Waals surface area contributed by atoms with Crippen molar-refractivity contribution >= 4 is 28.9 Å². The van der Waals surface area contributed by atoms with E-state index in [1.165, 1.54) is 12.3 Å². The van der Waals surface area contributed by atoms with Crippen LogP contribution < -0.4 is 16.4 Å². The first-order valence-electron chi connectivity index (χ1n) is 7.86. The van der Waals surface area contributed by atoms with Gasteiger partial charge in [-0.25, -0.2) is 0 Å². The zero-order valence-electron chi connectivity index (χ0n) is 13.8. The average molecular weight is 351 g/mol. The maximum absolute atomic E-state index is 12.0. The molecule has 0 aliphatic heterocycles. The molecule has 1 aromatic carbocycles. The number of anilines is 2. The zero-order valence-corrected chi connectivity index (χ0v) is 14.5. The molecule has 4 N–H and O–H groups in total. The minimum absolute atomic E-state index is 0.0187. The van der Waals surface area contributed by atoms with Crippen LogP contribution in [0.3, 0.4) is 0 Å². The number of nitriles is 1. The highest BCUT2D eigenvalue weighted by Crippen LogP contribution is 2.22. The summed E-state index contributed by atoms with van der Waals surface area (Å²) >= 11 is 5.89. The van der Waals surface area contributed by atoms with E-state index in [1.807, 2.05) is 6.07 Å². The first kappa shape index (κ1) is 19.8. The van der Waals surface area contributed by atoms with Crippen LogP contribution in [0.1, 0.15) is 26.2 Å². The summed E-state index contributed by atoms with van der Waals surface area (Å²) in [6.45, 7) is 4.15. The van der Waals surface area contributed by atoms with Crippen LogP contribution in [0.4, 0.5) is 11.4 Å². The number of hydrogen-bond donors (Lipinski definition) is 3. The van der Waals surface area contributed by atoms with Gasteiger partial charge in [-0.1, -0.05) is 24.9 Å². The molecule has 130 valence electrons. The third-order valence-electron chi connectivity index (χ3n) is 3.12. The normalized spacial score (nSPS) is 11.0. The number of hydrogen-bond acceptors (Lipinski definition) is 5. The second-order valence-electron chi connectivity index (χ2n) is 5.13. The van der Waals surface area contributed by atoms with Gasteiger partial charge in [0, 0.05) is 31.6 Å². The van der Waals surface area contributed by atoms with Crippen molar-refractivity contribution in [2.24, 2.45) is 0 Å². The Bertz CT molecular complexity index is 611. The van der Waals surface area contributed by atoms with Crippen LogP contribution in [0, 0.1) is 11.3 Å². The van der Waals surface area contributed by atoms with E-state index < -0.39 is 5.91 Å². The van der Waals surface area contributed by atoms with Crippen molar-refractivity contribution in [2.75, 3.05) is 30.8 Å². The Morgan fingerprint density at radius 1 is 1.42 bits per heavy atom. The SMILES string of the molecule is CCCCOCCCN/C=C(/C#N)C(=O)Nc1ccc(N)c(Cl)c1. The number of nitrogens with two attached hydrogens (primary N) is 1. The monoisotopic (exact) mass is 350 g/mol. The first-order chi connectivity index (χ1) is 11.6. The summed E-state index contributed by atoms with van der Waals surface area (Å²) in [4.78, 5) is 12.0. The number of ether oxygens (including phenoxy) is 1. The molecule has 0 atom stereocenters. The molecule has 24 heavy (non-hydrogen) atoms. The molecule has 0 saturated carbocycles. The van der Waals surface area contributed by atoms with Crippen molar-refractivity contribution < 1.29 is 9.53 Å². The van der Waals surface area contributed by atoms with E-state index in [-0.39, 0.29) is 5.57 Å². The minimum atomic E-state index is -0.509. The Morgan fingerprint density at radius 2 is 2.17 bits per heavy atom. The van der Waals surface area contributed by atoms with Gasteiger partial charge in [-0.2, -0.15) is 5.26 Å². The number of carbonyl (C=O) groups is 1. The zero-order chi connectivity index (χ0) is 17.8. The van der Waals surface area contributed by atoms with Crippen LogP contribution in [0.15, 0.2) is 30.0 Å². The van der Waals surface area contributed by atoms with Gasteiger partial charge in [0.2, 0.25) is 0 Å². The molecule has 1 amide bonds. The topological polar surface area (TPSA) is 100 Å². The third kappa shape index (κ3) is 7.36. The van der Waals surface area contributed by atoms with E-state index in [0.717, 1.165) is 25.9 Å². The van der Waals surface area contributed by atoms with E-state index in [9.17, 15) is 4.79 Å². The van der Waals surface area contributed by atoms with E-state index in [4.69, 9.17) is 27.3 Å². The van der Waals surface area contributed by atoms with Gasteiger partial charge in [0.05, 0.1) is 10.7 Å². The first-order valence-corrected chi connectivity index (χ1v) is 8.24. The van der Waals surface area contributed by atoms with Crippen molar-refractivity contribution in [1.29, 1.82) is 5.26 Å². The summed E-state index contributed by atoms with van der Waals surface area (Å²) in [6.07, 6.45) is 4.37. The molecule has 1 aromatic rings. The lowest BCUT2D eigenvalue weighted by atomic mass is 10.2. The Kier molecular flexibility index (Phi) is 9.35. The van der Waals surface area contributed by atoms with Gasteiger partial charge in [0.15, 0.2) is 0 Å². The lowest BCUT2D eigenvalue weighted by Gasteiger charge is -2.07. The van der Waals surface area contributed by atoms with Crippen molar-refractivity contribution in [3.8, 4) is 6.07 Å². The van der Waals surface area contributed by atoms with Gasteiger partial charge < -0.3 is 21.1 Å². The van der Waals surface area contributed by atoms with Crippen LogP contribution in [0.25, 0.3) is 0 Å². The summed E-state index contributed by atoms with van der Waals surface area (Å²) in [5.41, 5.74) is 6.49. The number of unbranched alkanes of at least 4 members (excludes halogenated alkanes) is 1. The fourth-order valence-corrected chi connectivity index (χ4v) is 1.93. The quantitative estimate of drug-likeness (QED) is 0.260. The smallest absolute Gasteiger partial charge is 0.267 e. The summed E-state index contributed by atoms with van der Waals surface area (Å²) in [5, 5.41) is 15.0. The number of carbonyl (C=O) groups excluding carboxylic acids is 1. The van der Waals surface area contributed by atoms with E-state index in [0.29, 0.717) is 29.5 Å². The summed E-state index contributed by atoms with van der Waals surface area (Å²) in [5.74, 6) is -0.509. The Balaban J connectivity index is 2.40. The number of nitrogen functional groups attached to an aromatic ring is 1. The maximum atomic E-state index is 12.0. The van der Waals surface area contributed by atoms with Crippen LogP contribution in [-0.2, 0) is 9.53 Å². The molecule has 6 nitrogen and oxygen atoms in total. The fourth-order valence-electron chi connectivity index (χ4n) is 1.75. The average Bonchev–Trinajstić information content (AvgIpc) is 2.57. The van der Waals surface area contributed by atoms with Crippen LogP contribution in [-0.4, -0.2) is 25.7 Å². The highest BCUT2D eigenvalue weighted by Gasteiger charge is 2.09. The molecule has 0 spiro atoms. The van der Waals surface area contributed by atoms with Crippen LogP contribution in [0.2, 0.25) is 5.02 Å².